The SMILES string of the molecule is CN(C)[C@H]1CCCC[C@@H]1Oc1ccc(S(=O)(=O)Nc2noc3cc(OCC4CCCC4)c(C4CC4)cc23)c(F)c1. The standard InChI is InChI=1S/C30H38FN3O5S/c1-34(2)25-9-5-6-10-26(25)38-21-13-14-29(24(31)15-21)40(35,36)33-30-23-16-22(20-11-12-20)27(17-28(23)39-32-30)37-18-19-7-3-4-8-19/h13-17,19-20,25-26H,3-12,18H2,1-2H3,(H,32,33)/t25-,26-/m0/s1. The zero-order valence-corrected chi connectivity index (χ0v) is 24.0. The van der Waals surface area contributed by atoms with Crippen LogP contribution in [0.2, 0.25) is 0 Å². The number of ether oxygens (including phenoxy) is 2. The fourth-order valence-electron chi connectivity index (χ4n) is 6.21. The minimum Gasteiger partial charge on any atom is -0.493 e. The Bertz CT molecular complexity index is 1460. The molecule has 3 aromatic rings. The van der Waals surface area contributed by atoms with Gasteiger partial charge in [0.15, 0.2) is 11.4 Å². The Kier molecular flexibility index (Phi) is 7.65. The number of halogens is 1. The third-order valence-electron chi connectivity index (χ3n) is 8.61. The Morgan fingerprint density at radius 1 is 1.02 bits per heavy atom. The smallest absolute Gasteiger partial charge is 0.266 e. The second-order valence-corrected chi connectivity index (χ2v) is 13.5. The molecular weight excluding hydrogens is 533 g/mol. The summed E-state index contributed by atoms with van der Waals surface area (Å²) in [4.78, 5) is 1.66. The van der Waals surface area contributed by atoms with Gasteiger partial charge in [-0.1, -0.05) is 24.4 Å². The number of rotatable bonds is 10. The van der Waals surface area contributed by atoms with E-state index in [1.54, 1.807) is 0 Å². The quantitative estimate of drug-likeness (QED) is 0.298. The van der Waals surface area contributed by atoms with E-state index in [9.17, 15) is 8.42 Å². The van der Waals surface area contributed by atoms with Crippen molar-refractivity contribution in [1.82, 2.24) is 10.1 Å². The lowest BCUT2D eigenvalue weighted by atomic mass is 9.91. The topological polar surface area (TPSA) is 93.9 Å². The van der Waals surface area contributed by atoms with Crippen molar-refractivity contribution in [2.75, 3.05) is 25.4 Å². The summed E-state index contributed by atoms with van der Waals surface area (Å²) < 4.78 is 61.9. The number of nitrogens with zero attached hydrogens (tertiary/aromatic N) is 2. The van der Waals surface area contributed by atoms with Crippen LogP contribution >= 0.6 is 0 Å². The van der Waals surface area contributed by atoms with Gasteiger partial charge in [0, 0.05) is 18.2 Å². The maximum Gasteiger partial charge on any atom is 0.266 e. The van der Waals surface area contributed by atoms with Gasteiger partial charge < -0.3 is 18.9 Å². The number of nitrogens with one attached hydrogen (secondary N) is 1. The van der Waals surface area contributed by atoms with Crippen molar-refractivity contribution in [1.29, 1.82) is 0 Å². The molecule has 0 amide bonds. The summed E-state index contributed by atoms with van der Waals surface area (Å²) in [6.07, 6.45) is 11.0. The van der Waals surface area contributed by atoms with Crippen LogP contribution in [0.3, 0.4) is 0 Å². The van der Waals surface area contributed by atoms with Crippen LogP contribution in [0.15, 0.2) is 39.8 Å². The molecule has 10 heteroatoms. The molecule has 0 aliphatic heterocycles. The molecule has 2 atom stereocenters. The van der Waals surface area contributed by atoms with E-state index in [0.717, 1.165) is 55.9 Å². The number of hydrogen-bond donors (Lipinski definition) is 1. The highest BCUT2D eigenvalue weighted by molar-refractivity contribution is 7.92. The van der Waals surface area contributed by atoms with Crippen LogP contribution in [-0.4, -0.2) is 51.3 Å². The molecule has 0 spiro atoms. The Balaban J connectivity index is 1.20. The van der Waals surface area contributed by atoms with Gasteiger partial charge in [-0.15, -0.1) is 0 Å². The van der Waals surface area contributed by atoms with Crippen molar-refractivity contribution in [2.45, 2.75) is 87.2 Å². The van der Waals surface area contributed by atoms with Crippen LogP contribution in [0.25, 0.3) is 11.0 Å². The van der Waals surface area contributed by atoms with Gasteiger partial charge >= 0.3 is 0 Å². The van der Waals surface area contributed by atoms with Crippen molar-refractivity contribution in [3.8, 4) is 11.5 Å². The summed E-state index contributed by atoms with van der Waals surface area (Å²) in [5, 5.41) is 4.52. The number of anilines is 1. The lowest BCUT2D eigenvalue weighted by Gasteiger charge is -2.36. The lowest BCUT2D eigenvalue weighted by molar-refractivity contribution is 0.0620. The molecule has 1 heterocycles. The Labute approximate surface area is 235 Å². The minimum atomic E-state index is -4.27. The molecule has 0 radical (unpaired) electrons. The molecule has 216 valence electrons. The van der Waals surface area contributed by atoms with Gasteiger partial charge in [0.25, 0.3) is 10.0 Å². The highest BCUT2D eigenvalue weighted by atomic mass is 32.2. The normalized spacial score (nSPS) is 22.2. The molecule has 1 aromatic heterocycles. The molecule has 3 fully saturated rings. The van der Waals surface area contributed by atoms with Gasteiger partial charge in [0.2, 0.25) is 0 Å². The van der Waals surface area contributed by atoms with Crippen molar-refractivity contribution in [3.63, 3.8) is 0 Å². The highest BCUT2D eigenvalue weighted by Crippen LogP contribution is 2.47. The van der Waals surface area contributed by atoms with Crippen molar-refractivity contribution in [3.05, 3.63) is 41.7 Å². The van der Waals surface area contributed by atoms with E-state index >= 15 is 4.39 Å². The molecule has 3 aliphatic carbocycles. The molecule has 1 N–H and O–H groups in total. The van der Waals surface area contributed by atoms with E-state index in [-0.39, 0.29) is 18.0 Å². The number of sulfonamides is 1. The predicted molar refractivity (Wildman–Crippen MR) is 151 cm³/mol. The third kappa shape index (κ3) is 5.79. The number of fused-ring (bicyclic) bond motifs is 1. The monoisotopic (exact) mass is 571 g/mol. The molecule has 2 aromatic carbocycles. The largest absolute Gasteiger partial charge is 0.493 e. The van der Waals surface area contributed by atoms with E-state index < -0.39 is 20.7 Å². The Morgan fingerprint density at radius 2 is 1.77 bits per heavy atom. The van der Waals surface area contributed by atoms with E-state index in [0.29, 0.717) is 35.2 Å². The van der Waals surface area contributed by atoms with E-state index in [1.807, 2.05) is 26.2 Å². The molecule has 3 saturated carbocycles. The average Bonchev–Trinajstić information content (AvgIpc) is 3.50. The second kappa shape index (κ2) is 11.2. The maximum atomic E-state index is 15.2. The summed E-state index contributed by atoms with van der Waals surface area (Å²) in [5.74, 6) is 1.21. The Morgan fingerprint density at radius 3 is 2.50 bits per heavy atom. The molecule has 0 bridgehead atoms. The van der Waals surface area contributed by atoms with Crippen LogP contribution in [0.1, 0.15) is 75.7 Å². The first-order valence-electron chi connectivity index (χ1n) is 14.5. The fourth-order valence-corrected chi connectivity index (χ4v) is 7.29. The zero-order chi connectivity index (χ0) is 27.9. The van der Waals surface area contributed by atoms with E-state index in [1.165, 1.54) is 37.8 Å². The first-order valence-corrected chi connectivity index (χ1v) is 16.0. The van der Waals surface area contributed by atoms with Crippen LogP contribution in [0.5, 0.6) is 11.5 Å². The summed E-state index contributed by atoms with van der Waals surface area (Å²) >= 11 is 0. The number of benzene rings is 2. The first kappa shape index (κ1) is 27.3. The highest BCUT2D eigenvalue weighted by Gasteiger charge is 2.31. The number of hydrogen-bond acceptors (Lipinski definition) is 7. The second-order valence-electron chi connectivity index (χ2n) is 11.8. The van der Waals surface area contributed by atoms with Gasteiger partial charge in [-0.05, 0) is 94.6 Å². The van der Waals surface area contributed by atoms with Crippen LogP contribution in [0.4, 0.5) is 10.2 Å². The molecule has 40 heavy (non-hydrogen) atoms. The molecular formula is C30H38FN3O5S. The first-order chi connectivity index (χ1) is 19.3. The molecule has 0 unspecified atom stereocenters. The van der Waals surface area contributed by atoms with E-state index in [4.69, 9.17) is 14.0 Å². The summed E-state index contributed by atoms with van der Waals surface area (Å²) in [5.41, 5.74) is 1.47. The summed E-state index contributed by atoms with van der Waals surface area (Å²) in [6, 6.07) is 7.85. The fraction of sp³-hybridized carbons (Fsp3) is 0.567. The molecule has 6 rings (SSSR count). The van der Waals surface area contributed by atoms with Crippen LogP contribution in [0, 0.1) is 11.7 Å². The van der Waals surface area contributed by atoms with Crippen LogP contribution < -0.4 is 14.2 Å². The average molecular weight is 572 g/mol. The number of aromatic nitrogens is 1. The molecule has 0 saturated heterocycles. The van der Waals surface area contributed by atoms with Gasteiger partial charge in [0.05, 0.1) is 12.0 Å². The van der Waals surface area contributed by atoms with Gasteiger partial charge in [-0.25, -0.2) is 12.8 Å². The maximum absolute atomic E-state index is 15.2. The van der Waals surface area contributed by atoms with Gasteiger partial charge in [-0.3, -0.25) is 4.72 Å². The van der Waals surface area contributed by atoms with Gasteiger partial charge in [-0.2, -0.15) is 0 Å². The summed E-state index contributed by atoms with van der Waals surface area (Å²) in [6.45, 7) is 0.675. The summed E-state index contributed by atoms with van der Waals surface area (Å²) in [7, 11) is -0.243. The van der Waals surface area contributed by atoms with Crippen LogP contribution in [-0.2, 0) is 10.0 Å². The molecule has 3 aliphatic rings. The molecule has 8 nitrogen and oxygen atoms in total. The number of likely N-dealkylation sites (N-methyl/N-ethyl adjacent to an activating group) is 1. The van der Waals surface area contributed by atoms with Gasteiger partial charge in [0.1, 0.15) is 28.3 Å². The zero-order valence-electron chi connectivity index (χ0n) is 23.2. The lowest BCUT2D eigenvalue weighted by Crippen LogP contribution is -2.44. The minimum absolute atomic E-state index is 0.0370. The van der Waals surface area contributed by atoms with Crippen molar-refractivity contribution in [2.24, 2.45) is 5.92 Å². The third-order valence-corrected chi connectivity index (χ3v) is 9.98. The predicted octanol–water partition coefficient (Wildman–Crippen LogP) is 6.47. The Hall–Kier alpha value is -2.85. The van der Waals surface area contributed by atoms with Crippen molar-refractivity contribution < 1.29 is 26.8 Å². The van der Waals surface area contributed by atoms with E-state index in [2.05, 4.69) is 14.8 Å². The van der Waals surface area contributed by atoms with Crippen molar-refractivity contribution >= 4 is 26.8 Å².